The van der Waals surface area contributed by atoms with E-state index < -0.39 is 0 Å². The second-order valence-electron chi connectivity index (χ2n) is 3.58. The molecule has 0 aromatic carbocycles. The number of carbonyl (C=O) groups is 1. The van der Waals surface area contributed by atoms with Gasteiger partial charge in [-0.3, -0.25) is 4.79 Å². The first-order chi connectivity index (χ1) is 7.04. The zero-order valence-electron chi connectivity index (χ0n) is 8.87. The van der Waals surface area contributed by atoms with Crippen LogP contribution in [0.2, 0.25) is 4.34 Å². The molecule has 1 aromatic heterocycles. The number of amides is 1. The van der Waals surface area contributed by atoms with Gasteiger partial charge in [-0.05, 0) is 24.6 Å². The van der Waals surface area contributed by atoms with Crippen molar-refractivity contribution in [3.8, 4) is 0 Å². The van der Waals surface area contributed by atoms with Gasteiger partial charge in [-0.1, -0.05) is 18.5 Å². The standard InChI is InChI=1S/C10H15ClN2OS/c1-7(6-12)5-9(14)13(2)10-4-3-8(11)15-10/h3-4,7H,5-6,12H2,1-2H3. The van der Waals surface area contributed by atoms with Crippen LogP contribution in [0.25, 0.3) is 0 Å². The van der Waals surface area contributed by atoms with Gasteiger partial charge in [-0.15, -0.1) is 11.3 Å². The van der Waals surface area contributed by atoms with Crippen molar-refractivity contribution in [1.29, 1.82) is 0 Å². The van der Waals surface area contributed by atoms with Crippen LogP contribution < -0.4 is 10.6 Å². The summed E-state index contributed by atoms with van der Waals surface area (Å²) in [5, 5.41) is 0.870. The quantitative estimate of drug-likeness (QED) is 0.887. The van der Waals surface area contributed by atoms with Crippen molar-refractivity contribution in [2.45, 2.75) is 13.3 Å². The number of hydrogen-bond donors (Lipinski definition) is 1. The average molecular weight is 247 g/mol. The molecule has 15 heavy (non-hydrogen) atoms. The van der Waals surface area contributed by atoms with Gasteiger partial charge in [-0.2, -0.15) is 0 Å². The molecular formula is C10H15ClN2OS. The van der Waals surface area contributed by atoms with E-state index in [1.165, 1.54) is 11.3 Å². The van der Waals surface area contributed by atoms with Crippen LogP contribution in [0, 0.1) is 5.92 Å². The lowest BCUT2D eigenvalue weighted by Gasteiger charge is -2.17. The average Bonchev–Trinajstić information content (AvgIpc) is 2.63. The van der Waals surface area contributed by atoms with Crippen molar-refractivity contribution in [2.75, 3.05) is 18.5 Å². The number of anilines is 1. The number of thiophene rings is 1. The van der Waals surface area contributed by atoms with Crippen molar-refractivity contribution in [3.05, 3.63) is 16.5 Å². The Balaban J connectivity index is 2.60. The number of nitrogens with zero attached hydrogens (tertiary/aromatic N) is 1. The second-order valence-corrected chi connectivity index (χ2v) is 5.27. The normalized spacial score (nSPS) is 12.5. The molecule has 1 heterocycles. The Morgan fingerprint density at radius 2 is 2.33 bits per heavy atom. The highest BCUT2D eigenvalue weighted by atomic mass is 35.5. The van der Waals surface area contributed by atoms with E-state index in [-0.39, 0.29) is 11.8 Å². The minimum atomic E-state index is 0.0754. The molecule has 1 aromatic rings. The number of hydrogen-bond acceptors (Lipinski definition) is 3. The van der Waals surface area contributed by atoms with Crippen molar-refractivity contribution >= 4 is 33.8 Å². The third-order valence-corrected chi connectivity index (χ3v) is 3.50. The van der Waals surface area contributed by atoms with Gasteiger partial charge in [0, 0.05) is 13.5 Å². The van der Waals surface area contributed by atoms with E-state index in [1.54, 1.807) is 18.0 Å². The highest BCUT2D eigenvalue weighted by molar-refractivity contribution is 7.20. The van der Waals surface area contributed by atoms with Gasteiger partial charge in [0.25, 0.3) is 0 Å². The van der Waals surface area contributed by atoms with Gasteiger partial charge in [0.15, 0.2) is 0 Å². The van der Waals surface area contributed by atoms with Crippen LogP contribution in [0.15, 0.2) is 12.1 Å². The van der Waals surface area contributed by atoms with Gasteiger partial charge >= 0.3 is 0 Å². The zero-order valence-corrected chi connectivity index (χ0v) is 10.4. The molecule has 5 heteroatoms. The lowest BCUT2D eigenvalue weighted by Crippen LogP contribution is -2.28. The lowest BCUT2D eigenvalue weighted by atomic mass is 10.1. The fourth-order valence-corrected chi connectivity index (χ4v) is 2.14. The molecule has 0 radical (unpaired) electrons. The summed E-state index contributed by atoms with van der Waals surface area (Å²) >= 11 is 7.20. The maximum absolute atomic E-state index is 11.8. The van der Waals surface area contributed by atoms with E-state index in [4.69, 9.17) is 17.3 Å². The molecule has 84 valence electrons. The Labute approximate surface area is 98.8 Å². The Bertz CT molecular complexity index is 340. The number of rotatable bonds is 4. The first-order valence-corrected chi connectivity index (χ1v) is 5.96. The summed E-state index contributed by atoms with van der Waals surface area (Å²) in [6, 6.07) is 3.63. The topological polar surface area (TPSA) is 46.3 Å². The summed E-state index contributed by atoms with van der Waals surface area (Å²) < 4.78 is 0.691. The first kappa shape index (κ1) is 12.5. The monoisotopic (exact) mass is 246 g/mol. The van der Waals surface area contributed by atoms with Crippen molar-refractivity contribution in [3.63, 3.8) is 0 Å². The number of carbonyl (C=O) groups excluding carboxylic acids is 1. The van der Waals surface area contributed by atoms with E-state index in [0.29, 0.717) is 17.3 Å². The van der Waals surface area contributed by atoms with Crippen LogP contribution in [-0.2, 0) is 4.79 Å². The molecule has 0 aliphatic carbocycles. The molecule has 0 fully saturated rings. The maximum Gasteiger partial charge on any atom is 0.227 e. The Hall–Kier alpha value is -0.580. The molecule has 0 aliphatic rings. The fourth-order valence-electron chi connectivity index (χ4n) is 1.13. The molecule has 0 spiro atoms. The fraction of sp³-hybridized carbons (Fsp3) is 0.500. The van der Waals surface area contributed by atoms with Gasteiger partial charge in [0.05, 0.1) is 9.34 Å². The van der Waals surface area contributed by atoms with Crippen LogP contribution in [0.3, 0.4) is 0 Å². The van der Waals surface area contributed by atoms with Crippen molar-refractivity contribution < 1.29 is 4.79 Å². The molecule has 1 amide bonds. The first-order valence-electron chi connectivity index (χ1n) is 4.76. The smallest absolute Gasteiger partial charge is 0.227 e. The Morgan fingerprint density at radius 1 is 1.67 bits per heavy atom. The van der Waals surface area contributed by atoms with Crippen LogP contribution >= 0.6 is 22.9 Å². The third-order valence-electron chi connectivity index (χ3n) is 2.19. The maximum atomic E-state index is 11.8. The van der Waals surface area contributed by atoms with E-state index in [0.717, 1.165) is 5.00 Å². The molecule has 0 bridgehead atoms. The lowest BCUT2D eigenvalue weighted by molar-refractivity contribution is -0.119. The van der Waals surface area contributed by atoms with E-state index >= 15 is 0 Å². The minimum Gasteiger partial charge on any atom is -0.330 e. The van der Waals surface area contributed by atoms with Gasteiger partial charge in [-0.25, -0.2) is 0 Å². The van der Waals surface area contributed by atoms with E-state index in [9.17, 15) is 4.79 Å². The Kier molecular flexibility index (Phi) is 4.57. The van der Waals surface area contributed by atoms with Crippen LogP contribution in [0.5, 0.6) is 0 Å². The largest absolute Gasteiger partial charge is 0.330 e. The summed E-state index contributed by atoms with van der Waals surface area (Å²) in [5.74, 6) is 0.293. The van der Waals surface area contributed by atoms with Crippen LogP contribution in [-0.4, -0.2) is 19.5 Å². The molecule has 0 saturated carbocycles. The molecule has 1 rings (SSSR count). The van der Waals surface area contributed by atoms with Crippen LogP contribution in [0.1, 0.15) is 13.3 Å². The predicted molar refractivity (Wildman–Crippen MR) is 65.6 cm³/mol. The number of halogens is 1. The SMILES string of the molecule is CC(CN)CC(=O)N(C)c1ccc(Cl)s1. The van der Waals surface area contributed by atoms with E-state index in [2.05, 4.69) is 0 Å². The second kappa shape index (κ2) is 5.49. The van der Waals surface area contributed by atoms with Crippen LogP contribution in [0.4, 0.5) is 5.00 Å². The molecule has 2 N–H and O–H groups in total. The minimum absolute atomic E-state index is 0.0754. The summed E-state index contributed by atoms with van der Waals surface area (Å²) in [5.41, 5.74) is 5.47. The van der Waals surface area contributed by atoms with E-state index in [1.807, 2.05) is 13.0 Å². The van der Waals surface area contributed by atoms with Crippen molar-refractivity contribution in [2.24, 2.45) is 11.7 Å². The Morgan fingerprint density at radius 3 is 2.80 bits per heavy atom. The summed E-state index contributed by atoms with van der Waals surface area (Å²) in [6.07, 6.45) is 0.475. The summed E-state index contributed by atoms with van der Waals surface area (Å²) in [7, 11) is 1.76. The summed E-state index contributed by atoms with van der Waals surface area (Å²) in [4.78, 5) is 13.4. The number of nitrogens with two attached hydrogens (primary N) is 1. The van der Waals surface area contributed by atoms with Gasteiger partial charge in [0.1, 0.15) is 0 Å². The van der Waals surface area contributed by atoms with Crippen molar-refractivity contribution in [1.82, 2.24) is 0 Å². The highest BCUT2D eigenvalue weighted by Gasteiger charge is 2.15. The molecule has 1 atom stereocenters. The molecule has 0 aliphatic heterocycles. The van der Waals surface area contributed by atoms with Gasteiger partial charge < -0.3 is 10.6 Å². The van der Waals surface area contributed by atoms with Gasteiger partial charge in [0.2, 0.25) is 5.91 Å². The molecule has 0 saturated heterocycles. The molecule has 3 nitrogen and oxygen atoms in total. The zero-order chi connectivity index (χ0) is 11.4. The highest BCUT2D eigenvalue weighted by Crippen LogP contribution is 2.29. The third kappa shape index (κ3) is 3.48. The molecular weight excluding hydrogens is 232 g/mol. The molecule has 1 unspecified atom stereocenters. The predicted octanol–water partition coefficient (Wildman–Crippen LogP) is 2.35. The summed E-state index contributed by atoms with van der Waals surface area (Å²) in [6.45, 7) is 2.50.